The first-order valence-electron chi connectivity index (χ1n) is 9.61. The van der Waals surface area contributed by atoms with Crippen molar-refractivity contribution in [1.29, 1.82) is 0 Å². The van der Waals surface area contributed by atoms with E-state index < -0.39 is 29.9 Å². The van der Waals surface area contributed by atoms with E-state index in [4.69, 9.17) is 26.5 Å². The van der Waals surface area contributed by atoms with Crippen LogP contribution in [-0.4, -0.2) is 82.0 Å². The third kappa shape index (κ3) is 5.44. The number of hydrogen-bond donors (Lipinski definition) is 2. The van der Waals surface area contributed by atoms with Crippen LogP contribution in [0, 0.1) is 11.6 Å². The van der Waals surface area contributed by atoms with Gasteiger partial charge >= 0.3 is 12.1 Å². The number of nitrogens with one attached hydrogen (secondary N) is 2. The number of amides is 3. The summed E-state index contributed by atoms with van der Waals surface area (Å²) >= 11 is 4.87. The van der Waals surface area contributed by atoms with Crippen LogP contribution >= 0.6 is 12.2 Å². The molecule has 1 aromatic carbocycles. The third-order valence-electron chi connectivity index (χ3n) is 4.76. The summed E-state index contributed by atoms with van der Waals surface area (Å²) in [6.45, 7) is 0.600. The molecule has 11 nitrogen and oxygen atoms in total. The van der Waals surface area contributed by atoms with Gasteiger partial charge in [0.1, 0.15) is 11.8 Å². The molecule has 14 heteroatoms. The number of hydrogen-bond acceptors (Lipinski definition) is 8. The summed E-state index contributed by atoms with van der Waals surface area (Å²) in [5.74, 6) is -1.71. The topological polar surface area (TPSA) is 105 Å². The predicted molar refractivity (Wildman–Crippen MR) is 112 cm³/mol. The Morgan fingerprint density at radius 3 is 2.62 bits per heavy atom. The lowest BCUT2D eigenvalue weighted by Gasteiger charge is -2.24. The average molecular weight is 475 g/mol. The van der Waals surface area contributed by atoms with Gasteiger partial charge in [-0.15, -0.1) is 0 Å². The van der Waals surface area contributed by atoms with E-state index in [2.05, 4.69) is 15.6 Å². The van der Waals surface area contributed by atoms with Gasteiger partial charge in [0.25, 0.3) is 5.17 Å². The molecule has 2 aliphatic rings. The monoisotopic (exact) mass is 475 g/mol. The first-order chi connectivity index (χ1) is 15.3. The summed E-state index contributed by atoms with van der Waals surface area (Å²) in [6.07, 6.45) is -1.30. The second kappa shape index (κ2) is 10.6. The molecule has 2 heterocycles. The number of anilines is 2. The van der Waals surface area contributed by atoms with Crippen LogP contribution in [0.15, 0.2) is 12.1 Å². The highest BCUT2D eigenvalue weighted by molar-refractivity contribution is 7.80. The molecule has 0 unspecified atom stereocenters. The van der Waals surface area contributed by atoms with Crippen LogP contribution in [0.5, 0.6) is 0 Å². The molecule has 0 saturated carbocycles. The number of nitrogens with zero attached hydrogens (tertiary/aromatic N) is 3. The number of cyclic esters (lactones) is 1. The van der Waals surface area contributed by atoms with Crippen molar-refractivity contribution in [1.82, 2.24) is 15.9 Å². The Bertz CT molecular complexity index is 855. The zero-order chi connectivity index (χ0) is 23.3. The quantitative estimate of drug-likeness (QED) is 0.479. The number of rotatable bonds is 5. The highest BCUT2D eigenvalue weighted by Gasteiger charge is 2.34. The van der Waals surface area contributed by atoms with Crippen LogP contribution in [-0.2, 0) is 19.1 Å². The van der Waals surface area contributed by atoms with Crippen LogP contribution in [0.2, 0.25) is 0 Å². The van der Waals surface area contributed by atoms with Crippen molar-refractivity contribution >= 4 is 40.9 Å². The van der Waals surface area contributed by atoms with Crippen LogP contribution in [0.1, 0.15) is 0 Å². The van der Waals surface area contributed by atoms with Crippen molar-refractivity contribution in [2.24, 2.45) is 0 Å². The van der Waals surface area contributed by atoms with Crippen molar-refractivity contribution in [2.75, 3.05) is 63.4 Å². The zero-order valence-corrected chi connectivity index (χ0v) is 18.2. The van der Waals surface area contributed by atoms with Crippen molar-refractivity contribution in [3.05, 3.63) is 23.8 Å². The van der Waals surface area contributed by atoms with E-state index in [9.17, 15) is 18.4 Å². The first kappa shape index (κ1) is 23.7. The molecule has 0 radical (unpaired) electrons. The van der Waals surface area contributed by atoms with E-state index in [-0.39, 0.29) is 55.9 Å². The molecule has 1 aromatic rings. The number of benzene rings is 1. The minimum absolute atomic E-state index is 0.0221. The van der Waals surface area contributed by atoms with Gasteiger partial charge in [-0.1, -0.05) is 0 Å². The number of carbonyl (C=O) groups is 2. The highest BCUT2D eigenvalue weighted by Crippen LogP contribution is 2.31. The number of methoxy groups -OCH3 is 1. The molecule has 0 spiro atoms. The van der Waals surface area contributed by atoms with Crippen molar-refractivity contribution in [3.63, 3.8) is 0 Å². The van der Waals surface area contributed by atoms with Gasteiger partial charge in [0.05, 0.1) is 46.1 Å². The number of urea groups is 1. The Morgan fingerprint density at radius 2 is 1.97 bits per heavy atom. The molecule has 0 aromatic heterocycles. The fourth-order valence-electron chi connectivity index (χ4n) is 3.29. The van der Waals surface area contributed by atoms with Crippen LogP contribution in [0.3, 0.4) is 0 Å². The highest BCUT2D eigenvalue weighted by atomic mass is 32.1. The number of hydroxylamine groups is 3. The Morgan fingerprint density at radius 1 is 1.25 bits per heavy atom. The largest absolute Gasteiger partial charge is 0.474 e. The fraction of sp³-hybridized carbons (Fsp3) is 0.500. The second-order valence-electron chi connectivity index (χ2n) is 6.78. The van der Waals surface area contributed by atoms with Gasteiger partial charge < -0.3 is 19.7 Å². The molecule has 32 heavy (non-hydrogen) atoms. The summed E-state index contributed by atoms with van der Waals surface area (Å²) < 4.78 is 39.9. The standard InChI is InChI=1S/C18H23F2N5O6S/c1-28-17(32)21-9-12-10-24(18(27)31-12)11-7-13(19)15(14(20)8-11)23-3-4-25(30-6-5-23)16(26)22-29-2/h7-8,12H,3-6,9-10H2,1-2H3,(H,21,32)(H,22,26)/t12-/m0/s1. The lowest BCUT2D eigenvalue weighted by molar-refractivity contribution is -0.114. The van der Waals surface area contributed by atoms with E-state index in [1.165, 1.54) is 19.1 Å². The summed E-state index contributed by atoms with van der Waals surface area (Å²) in [7, 11) is 2.68. The Kier molecular flexibility index (Phi) is 7.82. The lowest BCUT2D eigenvalue weighted by Crippen LogP contribution is -2.41. The Labute approximate surface area is 188 Å². The lowest BCUT2D eigenvalue weighted by atomic mass is 10.2. The molecular formula is C18H23F2N5O6S. The molecular weight excluding hydrogens is 452 g/mol. The van der Waals surface area contributed by atoms with E-state index in [0.717, 1.165) is 22.1 Å². The van der Waals surface area contributed by atoms with Crippen LogP contribution < -0.4 is 20.6 Å². The summed E-state index contributed by atoms with van der Waals surface area (Å²) in [6, 6.07) is 1.50. The number of thiocarbonyl (C=S) groups is 1. The Hall–Kier alpha value is -2.97. The van der Waals surface area contributed by atoms with E-state index in [1.807, 2.05) is 0 Å². The maximum absolute atomic E-state index is 14.9. The normalized spacial score (nSPS) is 18.8. The van der Waals surface area contributed by atoms with E-state index in [0.29, 0.717) is 0 Å². The summed E-state index contributed by atoms with van der Waals surface area (Å²) in [4.78, 5) is 36.4. The Balaban J connectivity index is 1.69. The maximum Gasteiger partial charge on any atom is 0.414 e. The van der Waals surface area contributed by atoms with Gasteiger partial charge in [0.15, 0.2) is 11.6 Å². The van der Waals surface area contributed by atoms with Crippen molar-refractivity contribution in [3.8, 4) is 0 Å². The van der Waals surface area contributed by atoms with Gasteiger partial charge in [-0.05, 0) is 12.2 Å². The molecule has 1 atom stereocenters. The average Bonchev–Trinajstić information content (AvgIpc) is 2.96. The van der Waals surface area contributed by atoms with E-state index >= 15 is 0 Å². The second-order valence-corrected chi connectivity index (χ2v) is 7.15. The molecule has 2 saturated heterocycles. The van der Waals surface area contributed by atoms with Gasteiger partial charge in [-0.3, -0.25) is 14.6 Å². The first-order valence-corrected chi connectivity index (χ1v) is 10.0. The molecule has 176 valence electrons. The van der Waals surface area contributed by atoms with Crippen LogP contribution in [0.4, 0.5) is 29.7 Å². The predicted octanol–water partition coefficient (Wildman–Crippen LogP) is 1.14. The smallest absolute Gasteiger partial charge is 0.414 e. The molecule has 0 aliphatic carbocycles. The van der Waals surface area contributed by atoms with Gasteiger partial charge in [0.2, 0.25) is 0 Å². The SMILES string of the molecule is CONC(=O)N1CCN(c2c(F)cc(N3C[C@H](CNC(=S)OC)OC3=O)cc2F)CCO1. The molecule has 3 amide bonds. The molecule has 0 bridgehead atoms. The fourth-order valence-corrected chi connectivity index (χ4v) is 3.37. The van der Waals surface area contributed by atoms with Gasteiger partial charge in [-0.2, -0.15) is 5.06 Å². The summed E-state index contributed by atoms with van der Waals surface area (Å²) in [5.41, 5.74) is 1.86. The molecule has 3 rings (SSSR count). The van der Waals surface area contributed by atoms with E-state index in [1.54, 1.807) is 0 Å². The minimum Gasteiger partial charge on any atom is -0.474 e. The van der Waals surface area contributed by atoms with Crippen LogP contribution in [0.25, 0.3) is 0 Å². The van der Waals surface area contributed by atoms with Crippen molar-refractivity contribution < 1.29 is 37.5 Å². The third-order valence-corrected chi connectivity index (χ3v) is 5.07. The molecule has 2 aliphatic heterocycles. The number of carbonyl (C=O) groups excluding carboxylic acids is 2. The van der Waals surface area contributed by atoms with Gasteiger partial charge in [-0.25, -0.2) is 23.9 Å². The minimum atomic E-state index is -0.857. The zero-order valence-electron chi connectivity index (χ0n) is 17.4. The summed E-state index contributed by atoms with van der Waals surface area (Å²) in [5, 5.41) is 3.92. The molecule has 2 N–H and O–H groups in total. The van der Waals surface area contributed by atoms with Gasteiger partial charge in [0, 0.05) is 25.2 Å². The number of ether oxygens (including phenoxy) is 2. The maximum atomic E-state index is 14.9. The van der Waals surface area contributed by atoms with Crippen molar-refractivity contribution in [2.45, 2.75) is 6.10 Å². The molecule has 2 fully saturated rings. The number of halogens is 2.